The molecule has 0 aliphatic carbocycles. The van der Waals surface area contributed by atoms with Crippen molar-refractivity contribution in [2.45, 2.75) is 32.2 Å². The van der Waals surface area contributed by atoms with Gasteiger partial charge in [0, 0.05) is 30.5 Å². The van der Waals surface area contributed by atoms with E-state index in [0.29, 0.717) is 6.42 Å². The van der Waals surface area contributed by atoms with Crippen molar-refractivity contribution in [3.8, 4) is 0 Å². The molecule has 2 rings (SSSR count). The van der Waals surface area contributed by atoms with Gasteiger partial charge >= 0.3 is 0 Å². The summed E-state index contributed by atoms with van der Waals surface area (Å²) in [6, 6.07) is 5.65. The summed E-state index contributed by atoms with van der Waals surface area (Å²) in [5.41, 5.74) is 7.99. The highest BCUT2D eigenvalue weighted by molar-refractivity contribution is 5.92. The van der Waals surface area contributed by atoms with Crippen molar-refractivity contribution in [3.63, 3.8) is 0 Å². The Hall–Kier alpha value is -2.01. The van der Waals surface area contributed by atoms with Gasteiger partial charge in [0.1, 0.15) is 0 Å². The standard InChI is InChI=1S/C14H18N4O/c1-10(15)3-2-4-14(19)18-11-5-6-12-13(9-11)17-8-7-16-12/h5-10H,2-4,15H2,1H3,(H,18,19). The molecule has 19 heavy (non-hydrogen) atoms. The molecule has 1 amide bonds. The Balaban J connectivity index is 1.95. The Labute approximate surface area is 112 Å². The lowest BCUT2D eigenvalue weighted by Gasteiger charge is -2.07. The second kappa shape index (κ2) is 6.24. The van der Waals surface area contributed by atoms with Gasteiger partial charge in [-0.05, 0) is 38.0 Å². The third kappa shape index (κ3) is 3.99. The third-order valence-corrected chi connectivity index (χ3v) is 2.82. The molecule has 1 unspecified atom stereocenters. The molecule has 0 saturated heterocycles. The first kappa shape index (κ1) is 13.4. The maximum absolute atomic E-state index is 11.7. The zero-order valence-corrected chi connectivity index (χ0v) is 11.0. The molecule has 0 aliphatic heterocycles. The number of fused-ring (bicyclic) bond motifs is 1. The fourth-order valence-corrected chi connectivity index (χ4v) is 1.85. The molecule has 3 N–H and O–H groups in total. The molecule has 5 nitrogen and oxygen atoms in total. The van der Waals surface area contributed by atoms with Crippen molar-refractivity contribution in [2.24, 2.45) is 5.73 Å². The summed E-state index contributed by atoms with van der Waals surface area (Å²) >= 11 is 0. The van der Waals surface area contributed by atoms with Gasteiger partial charge in [-0.3, -0.25) is 14.8 Å². The van der Waals surface area contributed by atoms with Crippen LogP contribution >= 0.6 is 0 Å². The number of benzene rings is 1. The molecule has 0 bridgehead atoms. The molecule has 1 aromatic carbocycles. The first-order valence-electron chi connectivity index (χ1n) is 6.41. The average molecular weight is 258 g/mol. The van der Waals surface area contributed by atoms with E-state index in [9.17, 15) is 4.79 Å². The van der Waals surface area contributed by atoms with E-state index in [2.05, 4.69) is 15.3 Å². The number of aromatic nitrogens is 2. The van der Waals surface area contributed by atoms with Crippen LogP contribution in [0.25, 0.3) is 11.0 Å². The summed E-state index contributed by atoms with van der Waals surface area (Å²) in [7, 11) is 0. The van der Waals surface area contributed by atoms with Gasteiger partial charge in [-0.2, -0.15) is 0 Å². The number of anilines is 1. The monoisotopic (exact) mass is 258 g/mol. The van der Waals surface area contributed by atoms with Gasteiger partial charge < -0.3 is 11.1 Å². The number of carbonyl (C=O) groups excluding carboxylic acids is 1. The number of nitrogens with two attached hydrogens (primary N) is 1. The number of hydrogen-bond acceptors (Lipinski definition) is 4. The number of nitrogens with zero attached hydrogens (tertiary/aromatic N) is 2. The summed E-state index contributed by atoms with van der Waals surface area (Å²) in [5, 5.41) is 2.86. The van der Waals surface area contributed by atoms with E-state index in [1.165, 1.54) is 0 Å². The van der Waals surface area contributed by atoms with E-state index in [4.69, 9.17) is 5.73 Å². The van der Waals surface area contributed by atoms with Gasteiger partial charge in [0.15, 0.2) is 0 Å². The predicted molar refractivity (Wildman–Crippen MR) is 75.7 cm³/mol. The summed E-state index contributed by atoms with van der Waals surface area (Å²) in [6.45, 7) is 1.94. The Kier molecular flexibility index (Phi) is 4.41. The maximum Gasteiger partial charge on any atom is 0.224 e. The highest BCUT2D eigenvalue weighted by Crippen LogP contribution is 2.15. The summed E-state index contributed by atoms with van der Waals surface area (Å²) in [4.78, 5) is 20.1. The minimum Gasteiger partial charge on any atom is -0.328 e. The van der Waals surface area contributed by atoms with Crippen LogP contribution in [0.4, 0.5) is 5.69 Å². The molecular formula is C14H18N4O. The van der Waals surface area contributed by atoms with E-state index >= 15 is 0 Å². The van der Waals surface area contributed by atoms with Crippen LogP contribution in [-0.4, -0.2) is 21.9 Å². The Morgan fingerprint density at radius 2 is 2.05 bits per heavy atom. The van der Waals surface area contributed by atoms with Crippen molar-refractivity contribution in [2.75, 3.05) is 5.32 Å². The summed E-state index contributed by atoms with van der Waals surface area (Å²) < 4.78 is 0. The molecule has 0 aliphatic rings. The van der Waals surface area contributed by atoms with Crippen LogP contribution in [0.5, 0.6) is 0 Å². The van der Waals surface area contributed by atoms with Crippen LogP contribution in [0.1, 0.15) is 26.2 Å². The van der Waals surface area contributed by atoms with Crippen molar-refractivity contribution < 1.29 is 4.79 Å². The Morgan fingerprint density at radius 3 is 2.79 bits per heavy atom. The van der Waals surface area contributed by atoms with Crippen LogP contribution in [0.3, 0.4) is 0 Å². The van der Waals surface area contributed by atoms with E-state index in [1.807, 2.05) is 25.1 Å². The molecular weight excluding hydrogens is 240 g/mol. The van der Waals surface area contributed by atoms with Crippen molar-refractivity contribution in [1.29, 1.82) is 0 Å². The minimum absolute atomic E-state index is 0.00360. The minimum atomic E-state index is 0.00360. The SMILES string of the molecule is CC(N)CCCC(=O)Nc1ccc2nccnc2c1. The lowest BCUT2D eigenvalue weighted by atomic mass is 10.1. The normalized spacial score (nSPS) is 12.3. The topological polar surface area (TPSA) is 80.9 Å². The average Bonchev–Trinajstić information content (AvgIpc) is 2.38. The highest BCUT2D eigenvalue weighted by atomic mass is 16.1. The predicted octanol–water partition coefficient (Wildman–Crippen LogP) is 2.09. The Bertz CT molecular complexity index is 568. The van der Waals surface area contributed by atoms with Crippen LogP contribution in [-0.2, 0) is 4.79 Å². The quantitative estimate of drug-likeness (QED) is 0.860. The molecule has 1 heterocycles. The van der Waals surface area contributed by atoms with E-state index in [1.54, 1.807) is 12.4 Å². The number of rotatable bonds is 5. The smallest absolute Gasteiger partial charge is 0.224 e. The number of amides is 1. The van der Waals surface area contributed by atoms with Gasteiger partial charge in [-0.15, -0.1) is 0 Å². The first-order valence-corrected chi connectivity index (χ1v) is 6.41. The second-order valence-electron chi connectivity index (χ2n) is 4.68. The van der Waals surface area contributed by atoms with E-state index in [0.717, 1.165) is 29.6 Å². The van der Waals surface area contributed by atoms with Crippen molar-refractivity contribution in [3.05, 3.63) is 30.6 Å². The number of hydrogen-bond donors (Lipinski definition) is 2. The molecule has 1 atom stereocenters. The van der Waals surface area contributed by atoms with E-state index < -0.39 is 0 Å². The van der Waals surface area contributed by atoms with Crippen LogP contribution in [0.2, 0.25) is 0 Å². The number of nitrogens with one attached hydrogen (secondary N) is 1. The largest absolute Gasteiger partial charge is 0.328 e. The third-order valence-electron chi connectivity index (χ3n) is 2.82. The molecule has 0 radical (unpaired) electrons. The first-order chi connectivity index (χ1) is 9.15. The van der Waals surface area contributed by atoms with Gasteiger partial charge in [-0.1, -0.05) is 0 Å². The molecule has 0 fully saturated rings. The lowest BCUT2D eigenvalue weighted by molar-refractivity contribution is -0.116. The lowest BCUT2D eigenvalue weighted by Crippen LogP contribution is -2.16. The van der Waals surface area contributed by atoms with E-state index in [-0.39, 0.29) is 11.9 Å². The van der Waals surface area contributed by atoms with Crippen molar-refractivity contribution in [1.82, 2.24) is 9.97 Å². The molecule has 5 heteroatoms. The van der Waals surface area contributed by atoms with Crippen LogP contribution in [0.15, 0.2) is 30.6 Å². The van der Waals surface area contributed by atoms with Crippen LogP contribution < -0.4 is 11.1 Å². The molecule has 0 saturated carbocycles. The summed E-state index contributed by atoms with van der Waals surface area (Å²) in [6.07, 6.45) is 5.43. The van der Waals surface area contributed by atoms with Crippen molar-refractivity contribution >= 4 is 22.6 Å². The van der Waals surface area contributed by atoms with Crippen LogP contribution in [0, 0.1) is 0 Å². The molecule has 100 valence electrons. The zero-order chi connectivity index (χ0) is 13.7. The maximum atomic E-state index is 11.7. The molecule has 0 spiro atoms. The molecule has 1 aromatic heterocycles. The number of carbonyl (C=O) groups is 1. The summed E-state index contributed by atoms with van der Waals surface area (Å²) in [5.74, 6) is 0.00360. The fraction of sp³-hybridized carbons (Fsp3) is 0.357. The zero-order valence-electron chi connectivity index (χ0n) is 11.0. The van der Waals surface area contributed by atoms with Gasteiger partial charge in [0.2, 0.25) is 5.91 Å². The van der Waals surface area contributed by atoms with Gasteiger partial charge in [-0.25, -0.2) is 0 Å². The van der Waals surface area contributed by atoms with Gasteiger partial charge in [0.25, 0.3) is 0 Å². The Morgan fingerprint density at radius 1 is 1.32 bits per heavy atom. The molecule has 2 aromatic rings. The second-order valence-corrected chi connectivity index (χ2v) is 4.68. The fourth-order valence-electron chi connectivity index (χ4n) is 1.85. The van der Waals surface area contributed by atoms with Gasteiger partial charge in [0.05, 0.1) is 11.0 Å². The highest BCUT2D eigenvalue weighted by Gasteiger charge is 2.04.